The second-order valence-corrected chi connectivity index (χ2v) is 8.79. The second-order valence-electron chi connectivity index (χ2n) is 8.79. The van der Waals surface area contributed by atoms with Crippen LogP contribution in [0.2, 0.25) is 0 Å². The van der Waals surface area contributed by atoms with Gasteiger partial charge in [-0.15, -0.1) is 0 Å². The molecule has 0 aliphatic carbocycles. The van der Waals surface area contributed by atoms with Crippen molar-refractivity contribution < 1.29 is 14.3 Å². The molecule has 0 saturated heterocycles. The summed E-state index contributed by atoms with van der Waals surface area (Å²) in [5, 5.41) is 3.09. The third-order valence-corrected chi connectivity index (χ3v) is 4.80. The molecule has 3 rings (SSSR count). The van der Waals surface area contributed by atoms with Gasteiger partial charge in [0.15, 0.2) is 6.61 Å². The maximum Gasteiger partial charge on any atom is 0.258 e. The van der Waals surface area contributed by atoms with Gasteiger partial charge in [-0.25, -0.2) is 0 Å². The molecule has 0 spiro atoms. The number of hydrogen-bond donors (Lipinski definition) is 1. The molecule has 1 atom stereocenters. The Labute approximate surface area is 161 Å². The van der Waals surface area contributed by atoms with Crippen molar-refractivity contribution in [2.75, 3.05) is 6.61 Å². The van der Waals surface area contributed by atoms with Crippen LogP contribution in [0, 0.1) is 0 Å². The zero-order chi connectivity index (χ0) is 19.7. The molecule has 1 heterocycles. The number of nitrogens with one attached hydrogen (secondary N) is 1. The van der Waals surface area contributed by atoms with E-state index in [4.69, 9.17) is 9.47 Å². The van der Waals surface area contributed by atoms with Gasteiger partial charge < -0.3 is 14.8 Å². The third-order valence-electron chi connectivity index (χ3n) is 4.80. The van der Waals surface area contributed by atoms with Crippen LogP contribution in [-0.2, 0) is 10.2 Å². The molecule has 4 nitrogen and oxygen atoms in total. The van der Waals surface area contributed by atoms with Crippen molar-refractivity contribution in [3.8, 4) is 11.5 Å². The van der Waals surface area contributed by atoms with Crippen molar-refractivity contribution in [2.45, 2.75) is 58.1 Å². The van der Waals surface area contributed by atoms with Gasteiger partial charge in [0.25, 0.3) is 5.91 Å². The lowest BCUT2D eigenvalue weighted by Crippen LogP contribution is -2.42. The lowest BCUT2D eigenvalue weighted by molar-refractivity contribution is -0.124. The number of carbonyl (C=O) groups is 1. The number of carbonyl (C=O) groups excluding carboxylic acids is 1. The fraction of sp³-hybridized carbons (Fsp3) is 0.435. The first-order valence-electron chi connectivity index (χ1n) is 9.45. The van der Waals surface area contributed by atoms with Crippen molar-refractivity contribution in [3.63, 3.8) is 0 Å². The van der Waals surface area contributed by atoms with Crippen molar-refractivity contribution in [1.29, 1.82) is 0 Å². The molecule has 0 fully saturated rings. The summed E-state index contributed by atoms with van der Waals surface area (Å²) in [6, 6.07) is 15.7. The van der Waals surface area contributed by atoms with E-state index in [2.05, 4.69) is 26.1 Å². The SMILES string of the molecule is CC1(C)C[C@H](NC(=O)COc2ccc(C(C)(C)C)cc2)c2ccccc2O1. The van der Waals surface area contributed by atoms with Gasteiger partial charge in [0.2, 0.25) is 0 Å². The van der Waals surface area contributed by atoms with Crippen LogP contribution in [0.5, 0.6) is 11.5 Å². The summed E-state index contributed by atoms with van der Waals surface area (Å²) in [5.41, 5.74) is 2.02. The summed E-state index contributed by atoms with van der Waals surface area (Å²) in [5.74, 6) is 1.40. The number of rotatable bonds is 4. The Hall–Kier alpha value is -2.49. The molecule has 0 radical (unpaired) electrons. The van der Waals surface area contributed by atoms with E-state index in [9.17, 15) is 4.79 Å². The fourth-order valence-corrected chi connectivity index (χ4v) is 3.37. The largest absolute Gasteiger partial charge is 0.487 e. The minimum absolute atomic E-state index is 0.00514. The van der Waals surface area contributed by atoms with Crippen LogP contribution >= 0.6 is 0 Å². The molecule has 2 aromatic carbocycles. The average Bonchev–Trinajstić information content (AvgIpc) is 2.58. The van der Waals surface area contributed by atoms with E-state index in [0.29, 0.717) is 5.75 Å². The first-order chi connectivity index (χ1) is 12.6. The summed E-state index contributed by atoms with van der Waals surface area (Å²) >= 11 is 0. The van der Waals surface area contributed by atoms with E-state index in [1.165, 1.54) is 5.56 Å². The van der Waals surface area contributed by atoms with E-state index >= 15 is 0 Å². The molecule has 0 aromatic heterocycles. The van der Waals surface area contributed by atoms with Crippen molar-refractivity contribution in [1.82, 2.24) is 5.32 Å². The highest BCUT2D eigenvalue weighted by atomic mass is 16.5. The van der Waals surface area contributed by atoms with E-state index < -0.39 is 0 Å². The molecule has 1 aliphatic heterocycles. The summed E-state index contributed by atoms with van der Waals surface area (Å²) in [4.78, 5) is 12.5. The van der Waals surface area contributed by atoms with Gasteiger partial charge in [-0.05, 0) is 43.0 Å². The average molecular weight is 367 g/mol. The molecule has 1 aliphatic rings. The molecule has 0 unspecified atom stereocenters. The van der Waals surface area contributed by atoms with Crippen LogP contribution in [0.3, 0.4) is 0 Å². The Bertz CT molecular complexity index is 803. The van der Waals surface area contributed by atoms with E-state index in [1.54, 1.807) is 0 Å². The fourth-order valence-electron chi connectivity index (χ4n) is 3.37. The third kappa shape index (κ3) is 4.82. The summed E-state index contributed by atoms with van der Waals surface area (Å²) in [6.07, 6.45) is 0.718. The Kier molecular flexibility index (Phi) is 5.18. The van der Waals surface area contributed by atoms with Crippen LogP contribution < -0.4 is 14.8 Å². The molecular formula is C23H29NO3. The Morgan fingerprint density at radius 1 is 1.15 bits per heavy atom. The first kappa shape index (κ1) is 19.3. The highest BCUT2D eigenvalue weighted by molar-refractivity contribution is 5.78. The lowest BCUT2D eigenvalue weighted by Gasteiger charge is -2.37. The van der Waals surface area contributed by atoms with Gasteiger partial charge in [-0.1, -0.05) is 51.1 Å². The Morgan fingerprint density at radius 3 is 2.48 bits per heavy atom. The summed E-state index contributed by atoms with van der Waals surface area (Å²) in [6.45, 7) is 10.6. The number of benzene rings is 2. The van der Waals surface area contributed by atoms with E-state index in [1.807, 2.05) is 62.4 Å². The topological polar surface area (TPSA) is 47.6 Å². The number of fused-ring (bicyclic) bond motifs is 1. The first-order valence-corrected chi connectivity index (χ1v) is 9.45. The number of hydrogen-bond acceptors (Lipinski definition) is 3. The number of para-hydroxylation sites is 1. The minimum Gasteiger partial charge on any atom is -0.487 e. The molecule has 0 saturated carbocycles. The molecule has 1 amide bonds. The van der Waals surface area contributed by atoms with Gasteiger partial charge in [0.05, 0.1) is 6.04 Å². The van der Waals surface area contributed by atoms with Gasteiger partial charge in [-0.2, -0.15) is 0 Å². The van der Waals surface area contributed by atoms with Crippen LogP contribution in [0.4, 0.5) is 0 Å². The molecule has 27 heavy (non-hydrogen) atoms. The van der Waals surface area contributed by atoms with Crippen LogP contribution in [0.15, 0.2) is 48.5 Å². The quantitative estimate of drug-likeness (QED) is 0.846. The van der Waals surface area contributed by atoms with Gasteiger partial charge in [-0.3, -0.25) is 4.79 Å². The number of ether oxygens (including phenoxy) is 2. The molecule has 2 aromatic rings. The monoisotopic (exact) mass is 367 g/mol. The van der Waals surface area contributed by atoms with Crippen molar-refractivity contribution in [2.24, 2.45) is 0 Å². The van der Waals surface area contributed by atoms with Crippen LogP contribution in [0.1, 0.15) is 58.2 Å². The van der Waals surface area contributed by atoms with E-state index in [-0.39, 0.29) is 29.6 Å². The normalized spacial score (nSPS) is 18.2. The maximum absolute atomic E-state index is 12.5. The zero-order valence-corrected chi connectivity index (χ0v) is 16.8. The Morgan fingerprint density at radius 2 is 1.81 bits per heavy atom. The van der Waals surface area contributed by atoms with Gasteiger partial charge >= 0.3 is 0 Å². The predicted molar refractivity (Wildman–Crippen MR) is 107 cm³/mol. The summed E-state index contributed by atoms with van der Waals surface area (Å²) < 4.78 is 11.7. The standard InChI is InChI=1S/C23H29NO3/c1-22(2,3)16-10-12-17(13-11-16)26-15-21(25)24-19-14-23(4,5)27-20-9-7-6-8-18(19)20/h6-13,19H,14-15H2,1-5H3,(H,24,25)/t19-/m0/s1. The zero-order valence-electron chi connectivity index (χ0n) is 16.8. The molecular weight excluding hydrogens is 338 g/mol. The van der Waals surface area contributed by atoms with Gasteiger partial charge in [0, 0.05) is 12.0 Å². The smallest absolute Gasteiger partial charge is 0.258 e. The second kappa shape index (κ2) is 7.26. The summed E-state index contributed by atoms with van der Waals surface area (Å²) in [7, 11) is 0. The highest BCUT2D eigenvalue weighted by Gasteiger charge is 2.34. The number of amides is 1. The van der Waals surface area contributed by atoms with Gasteiger partial charge in [0.1, 0.15) is 17.1 Å². The molecule has 4 heteroatoms. The van der Waals surface area contributed by atoms with Crippen molar-refractivity contribution in [3.05, 3.63) is 59.7 Å². The predicted octanol–water partition coefficient (Wildman–Crippen LogP) is 4.78. The maximum atomic E-state index is 12.5. The minimum atomic E-state index is -0.323. The Balaban J connectivity index is 1.61. The van der Waals surface area contributed by atoms with E-state index in [0.717, 1.165) is 17.7 Å². The lowest BCUT2D eigenvalue weighted by atomic mass is 9.87. The van der Waals surface area contributed by atoms with Crippen molar-refractivity contribution >= 4 is 5.91 Å². The van der Waals surface area contributed by atoms with Crippen LogP contribution in [0.25, 0.3) is 0 Å². The van der Waals surface area contributed by atoms with Crippen LogP contribution in [-0.4, -0.2) is 18.1 Å². The highest BCUT2D eigenvalue weighted by Crippen LogP contribution is 2.39. The molecule has 0 bridgehead atoms. The molecule has 1 N–H and O–H groups in total. The molecule has 144 valence electrons.